The van der Waals surface area contributed by atoms with E-state index in [2.05, 4.69) is 10.1 Å². The molecule has 1 saturated heterocycles. The summed E-state index contributed by atoms with van der Waals surface area (Å²) in [5.41, 5.74) is 0.158. The van der Waals surface area contributed by atoms with Gasteiger partial charge in [-0.3, -0.25) is 0 Å². The van der Waals surface area contributed by atoms with Gasteiger partial charge < -0.3 is 10.1 Å². The van der Waals surface area contributed by atoms with E-state index in [-0.39, 0.29) is 27.9 Å². The average Bonchev–Trinajstić information content (AvgIpc) is 3.44. The molecule has 1 N–H and O–H groups in total. The highest BCUT2D eigenvalue weighted by molar-refractivity contribution is 7.89. The predicted octanol–water partition coefficient (Wildman–Crippen LogP) is 2.70. The fourth-order valence-corrected chi connectivity index (χ4v) is 4.86. The molecule has 1 aromatic rings. The molecule has 1 aromatic carbocycles. The van der Waals surface area contributed by atoms with Crippen molar-refractivity contribution in [2.75, 3.05) is 26.7 Å². The van der Waals surface area contributed by atoms with Crippen molar-refractivity contribution >= 4 is 40.0 Å². The molecule has 146 valence electrons. The second kappa shape index (κ2) is 8.89. The number of carbonyl (C=O) groups is 1. The van der Waals surface area contributed by atoms with E-state index in [0.717, 1.165) is 25.3 Å². The Hall–Kier alpha value is -0.860. The maximum atomic E-state index is 12.8. The third-order valence-corrected chi connectivity index (χ3v) is 7.04. The fourth-order valence-electron chi connectivity index (χ4n) is 3.04. The Kier molecular flexibility index (Phi) is 7.33. The monoisotopic (exact) mass is 422 g/mol. The minimum Gasteiger partial charge on any atom is -0.465 e. The van der Waals surface area contributed by atoms with E-state index >= 15 is 0 Å². The molecule has 1 heterocycles. The van der Waals surface area contributed by atoms with E-state index in [4.69, 9.17) is 11.6 Å². The number of rotatable bonds is 6. The highest BCUT2D eigenvalue weighted by Gasteiger charge is 2.31. The smallest absolute Gasteiger partial charge is 0.339 e. The van der Waals surface area contributed by atoms with Gasteiger partial charge in [0.05, 0.1) is 22.6 Å². The summed E-state index contributed by atoms with van der Waals surface area (Å²) in [6, 6.07) is 4.51. The molecule has 0 amide bonds. The summed E-state index contributed by atoms with van der Waals surface area (Å²) in [5, 5.41) is 3.61. The maximum Gasteiger partial charge on any atom is 0.339 e. The van der Waals surface area contributed by atoms with Crippen LogP contribution in [0.3, 0.4) is 0 Å². The third-order valence-electron chi connectivity index (χ3n) is 4.83. The molecule has 1 aliphatic carbocycles. The summed E-state index contributed by atoms with van der Waals surface area (Å²) >= 11 is 6.05. The van der Waals surface area contributed by atoms with Crippen molar-refractivity contribution in [1.82, 2.24) is 9.62 Å². The zero-order chi connectivity index (χ0) is 18.0. The second-order valence-corrected chi connectivity index (χ2v) is 9.01. The average molecular weight is 423 g/mol. The number of hydrogen-bond donors (Lipinski definition) is 1. The molecule has 6 nitrogen and oxygen atoms in total. The summed E-state index contributed by atoms with van der Waals surface area (Å²) in [5.74, 6) is 0.230. The summed E-state index contributed by atoms with van der Waals surface area (Å²) < 4.78 is 31.7. The molecule has 0 radical (unpaired) electrons. The van der Waals surface area contributed by atoms with Gasteiger partial charge in [0, 0.05) is 19.1 Å². The van der Waals surface area contributed by atoms with E-state index < -0.39 is 16.0 Å². The normalized spacial score (nSPS) is 19.0. The lowest BCUT2D eigenvalue weighted by atomic mass is 10.1. The van der Waals surface area contributed by atoms with Crippen LogP contribution in [0, 0.1) is 5.92 Å². The van der Waals surface area contributed by atoms with Crippen LogP contribution in [0.15, 0.2) is 23.1 Å². The lowest BCUT2D eigenvalue weighted by molar-refractivity contribution is 0.0601. The van der Waals surface area contributed by atoms with Crippen molar-refractivity contribution in [2.24, 2.45) is 5.92 Å². The van der Waals surface area contributed by atoms with Gasteiger partial charge in [-0.1, -0.05) is 11.6 Å². The summed E-state index contributed by atoms with van der Waals surface area (Å²) in [7, 11) is -2.35. The molecule has 0 unspecified atom stereocenters. The molecule has 0 spiro atoms. The number of esters is 1. The van der Waals surface area contributed by atoms with E-state index in [0.29, 0.717) is 19.1 Å². The van der Waals surface area contributed by atoms with Gasteiger partial charge in [0.1, 0.15) is 0 Å². The number of ether oxygens (including phenoxy) is 1. The van der Waals surface area contributed by atoms with Gasteiger partial charge in [0.25, 0.3) is 0 Å². The van der Waals surface area contributed by atoms with Crippen LogP contribution in [0.5, 0.6) is 0 Å². The van der Waals surface area contributed by atoms with Crippen LogP contribution < -0.4 is 5.32 Å². The molecular weight excluding hydrogens is 399 g/mol. The topological polar surface area (TPSA) is 75.7 Å². The zero-order valence-electron chi connectivity index (χ0n) is 14.6. The third kappa shape index (κ3) is 4.89. The fraction of sp³-hybridized carbons (Fsp3) is 0.588. The number of halogens is 2. The number of nitrogens with zero attached hydrogens (tertiary/aromatic N) is 1. The molecular formula is C17H24Cl2N2O4S. The first-order valence-electron chi connectivity index (χ1n) is 8.53. The van der Waals surface area contributed by atoms with Gasteiger partial charge in [0.2, 0.25) is 10.0 Å². The number of benzene rings is 1. The van der Waals surface area contributed by atoms with Gasteiger partial charge in [-0.2, -0.15) is 4.31 Å². The van der Waals surface area contributed by atoms with Gasteiger partial charge in [-0.15, -0.1) is 12.4 Å². The van der Waals surface area contributed by atoms with E-state index in [1.165, 1.54) is 42.5 Å². The van der Waals surface area contributed by atoms with Gasteiger partial charge in [-0.25, -0.2) is 13.2 Å². The molecule has 1 saturated carbocycles. The molecule has 3 rings (SSSR count). The second-order valence-electron chi connectivity index (χ2n) is 6.66. The molecule has 9 heteroatoms. The van der Waals surface area contributed by atoms with E-state index in [9.17, 15) is 13.2 Å². The van der Waals surface area contributed by atoms with Crippen LogP contribution in [0.4, 0.5) is 0 Å². The minimum absolute atomic E-state index is 0. The lowest BCUT2D eigenvalue weighted by Gasteiger charge is -2.31. The summed E-state index contributed by atoms with van der Waals surface area (Å²) in [4.78, 5) is 11.7. The molecule has 0 atom stereocenters. The van der Waals surface area contributed by atoms with E-state index in [1.807, 2.05) is 0 Å². The highest BCUT2D eigenvalue weighted by atomic mass is 35.5. The van der Waals surface area contributed by atoms with Crippen LogP contribution in [-0.2, 0) is 14.8 Å². The van der Waals surface area contributed by atoms with Crippen LogP contribution in [0.1, 0.15) is 36.0 Å². The molecule has 0 aromatic heterocycles. The van der Waals surface area contributed by atoms with Crippen molar-refractivity contribution in [2.45, 2.75) is 36.6 Å². The van der Waals surface area contributed by atoms with Crippen LogP contribution in [0.2, 0.25) is 5.02 Å². The highest BCUT2D eigenvalue weighted by Crippen LogP contribution is 2.29. The Bertz CT molecular complexity index is 745. The van der Waals surface area contributed by atoms with Gasteiger partial charge >= 0.3 is 5.97 Å². The number of nitrogens with one attached hydrogen (secondary N) is 1. The quantitative estimate of drug-likeness (QED) is 0.713. The van der Waals surface area contributed by atoms with Crippen LogP contribution >= 0.6 is 24.0 Å². The minimum atomic E-state index is -3.61. The molecule has 0 bridgehead atoms. The van der Waals surface area contributed by atoms with Crippen molar-refractivity contribution in [1.29, 1.82) is 0 Å². The Labute approximate surface area is 165 Å². The Morgan fingerprint density at radius 2 is 1.92 bits per heavy atom. The first-order chi connectivity index (χ1) is 11.9. The van der Waals surface area contributed by atoms with Crippen LogP contribution in [0.25, 0.3) is 0 Å². The number of sulfonamides is 1. The molecule has 26 heavy (non-hydrogen) atoms. The van der Waals surface area contributed by atoms with Crippen molar-refractivity contribution in [3.8, 4) is 0 Å². The largest absolute Gasteiger partial charge is 0.465 e. The SMILES string of the molecule is COC(=O)c1ccc(S(=O)(=O)N2CCC(NCC3CC3)CC2)cc1Cl.Cl. The summed E-state index contributed by atoms with van der Waals surface area (Å²) in [6.45, 7) is 2.02. The van der Waals surface area contributed by atoms with Crippen molar-refractivity contribution in [3.05, 3.63) is 28.8 Å². The summed E-state index contributed by atoms with van der Waals surface area (Å²) in [6.07, 6.45) is 4.23. The molecule has 2 fully saturated rings. The standard InChI is InChI=1S/C17H23ClN2O4S.ClH/c1-24-17(21)15-5-4-14(10-16(15)18)25(22,23)20-8-6-13(7-9-20)19-11-12-2-3-12;/h4-5,10,12-13,19H,2-3,6-9,11H2,1H3;1H. The van der Waals surface area contributed by atoms with Crippen molar-refractivity contribution in [3.63, 3.8) is 0 Å². The van der Waals surface area contributed by atoms with Crippen molar-refractivity contribution < 1.29 is 17.9 Å². The predicted molar refractivity (Wildman–Crippen MR) is 103 cm³/mol. The number of carbonyl (C=O) groups excluding carboxylic acids is 1. The first-order valence-corrected chi connectivity index (χ1v) is 10.3. The van der Waals surface area contributed by atoms with Gasteiger partial charge in [0.15, 0.2) is 0 Å². The Balaban J connectivity index is 0.00000243. The van der Waals surface area contributed by atoms with E-state index in [1.54, 1.807) is 0 Å². The maximum absolute atomic E-state index is 12.8. The molecule has 1 aliphatic heterocycles. The number of piperidine rings is 1. The Morgan fingerprint density at radius 1 is 1.27 bits per heavy atom. The van der Waals surface area contributed by atoms with Crippen LogP contribution in [-0.4, -0.2) is 51.5 Å². The number of methoxy groups -OCH3 is 1. The molecule has 2 aliphatic rings. The zero-order valence-corrected chi connectivity index (χ0v) is 17.0. The van der Waals surface area contributed by atoms with Gasteiger partial charge in [-0.05, 0) is 56.3 Å². The Morgan fingerprint density at radius 3 is 2.46 bits per heavy atom. The number of hydrogen-bond acceptors (Lipinski definition) is 5. The first kappa shape index (κ1) is 21.4. The lowest BCUT2D eigenvalue weighted by Crippen LogP contribution is -2.45.